The van der Waals surface area contributed by atoms with Crippen LogP contribution in [0.1, 0.15) is 6.42 Å². The Hall–Kier alpha value is -2.20. The van der Waals surface area contributed by atoms with Crippen LogP contribution >= 0.6 is 22.7 Å². The molecule has 0 saturated carbocycles. The maximum Gasteiger partial charge on any atom is 0.209 e. The standard InChI is InChI=1S/C13H9FN4S2.C4H10N2/c1-16-13-18-11(6-20-13)10-5-19-12(17-10)8-3-2-7(14)4-9(8)15;1-2-5-4-6-3-1/h2-6H,1,15H2;5-6H,1-4H2. The molecule has 1 fully saturated rings. The van der Waals surface area contributed by atoms with E-state index in [1.807, 2.05) is 10.8 Å². The highest BCUT2D eigenvalue weighted by molar-refractivity contribution is 7.14. The van der Waals surface area contributed by atoms with Gasteiger partial charge >= 0.3 is 0 Å². The molecule has 0 bridgehead atoms. The number of nitrogens with one attached hydrogen (secondary N) is 2. The third-order valence-corrected chi connectivity index (χ3v) is 5.24. The van der Waals surface area contributed by atoms with Crippen molar-refractivity contribution in [3.05, 3.63) is 34.8 Å². The van der Waals surface area contributed by atoms with E-state index in [0.29, 0.717) is 10.8 Å². The number of thiazole rings is 2. The second-order valence-electron chi connectivity index (χ2n) is 5.47. The van der Waals surface area contributed by atoms with Crippen molar-refractivity contribution in [2.45, 2.75) is 6.42 Å². The van der Waals surface area contributed by atoms with E-state index in [9.17, 15) is 4.39 Å². The van der Waals surface area contributed by atoms with E-state index in [2.05, 4.69) is 32.3 Å². The molecule has 4 rings (SSSR count). The van der Waals surface area contributed by atoms with Crippen molar-refractivity contribution in [1.82, 2.24) is 20.6 Å². The Bertz CT molecular complexity index is 860. The molecule has 9 heteroatoms. The molecular formula is C17H19FN6S2. The molecule has 6 nitrogen and oxygen atoms in total. The molecule has 0 amide bonds. The van der Waals surface area contributed by atoms with E-state index in [-0.39, 0.29) is 5.82 Å². The molecule has 0 unspecified atom stereocenters. The minimum absolute atomic E-state index is 0.357. The average molecular weight is 391 g/mol. The summed E-state index contributed by atoms with van der Waals surface area (Å²) in [6, 6.07) is 4.29. The third-order valence-electron chi connectivity index (χ3n) is 3.60. The van der Waals surface area contributed by atoms with E-state index < -0.39 is 0 Å². The first-order valence-electron chi connectivity index (χ1n) is 8.02. The number of aromatic nitrogens is 2. The van der Waals surface area contributed by atoms with E-state index in [4.69, 9.17) is 5.73 Å². The Labute approximate surface area is 159 Å². The minimum atomic E-state index is -0.357. The maximum atomic E-state index is 13.1. The summed E-state index contributed by atoms with van der Waals surface area (Å²) in [6.45, 7) is 6.81. The second kappa shape index (κ2) is 8.95. The lowest BCUT2D eigenvalue weighted by atomic mass is 10.2. The van der Waals surface area contributed by atoms with Crippen LogP contribution in [0.25, 0.3) is 22.0 Å². The number of benzene rings is 1. The number of nitrogens with two attached hydrogens (primary N) is 1. The Morgan fingerprint density at radius 1 is 1.12 bits per heavy atom. The van der Waals surface area contributed by atoms with Gasteiger partial charge in [0, 0.05) is 28.7 Å². The van der Waals surface area contributed by atoms with Crippen molar-refractivity contribution in [3.8, 4) is 22.0 Å². The normalized spacial score (nSPS) is 13.7. The molecule has 26 heavy (non-hydrogen) atoms. The van der Waals surface area contributed by atoms with Gasteiger partial charge in [0.15, 0.2) is 0 Å². The van der Waals surface area contributed by atoms with Gasteiger partial charge in [-0.3, -0.25) is 0 Å². The molecule has 1 aliphatic heterocycles. The highest BCUT2D eigenvalue weighted by Crippen LogP contribution is 2.33. The zero-order valence-electron chi connectivity index (χ0n) is 14.0. The molecular weight excluding hydrogens is 371 g/mol. The lowest BCUT2D eigenvalue weighted by molar-refractivity contribution is 0.496. The molecule has 3 aromatic rings. The predicted octanol–water partition coefficient (Wildman–Crippen LogP) is 3.51. The van der Waals surface area contributed by atoms with Gasteiger partial charge in [-0.05, 0) is 44.4 Å². The SMILES string of the molecule is C1CNCNC1.C=Nc1nc(-c2csc(-c3ccc(F)cc3N)n2)cs1. The van der Waals surface area contributed by atoms with Crippen LogP contribution in [0, 0.1) is 5.82 Å². The van der Waals surface area contributed by atoms with Crippen molar-refractivity contribution in [1.29, 1.82) is 0 Å². The Morgan fingerprint density at radius 3 is 2.42 bits per heavy atom. The fourth-order valence-corrected chi connectivity index (χ4v) is 3.78. The highest BCUT2D eigenvalue weighted by Gasteiger charge is 2.12. The fourth-order valence-electron chi connectivity index (χ4n) is 2.30. The number of hydrogen-bond donors (Lipinski definition) is 3. The van der Waals surface area contributed by atoms with E-state index >= 15 is 0 Å². The van der Waals surface area contributed by atoms with Gasteiger partial charge < -0.3 is 16.4 Å². The van der Waals surface area contributed by atoms with Gasteiger partial charge in [-0.25, -0.2) is 19.4 Å². The molecule has 0 atom stereocenters. The molecule has 0 spiro atoms. The summed E-state index contributed by atoms with van der Waals surface area (Å²) in [4.78, 5) is 12.5. The number of rotatable bonds is 3. The first kappa shape index (κ1) is 18.6. The molecule has 4 N–H and O–H groups in total. The lowest BCUT2D eigenvalue weighted by Crippen LogP contribution is -2.37. The van der Waals surface area contributed by atoms with Gasteiger partial charge in [0.05, 0.1) is 0 Å². The van der Waals surface area contributed by atoms with Crippen LogP contribution in [0.5, 0.6) is 0 Å². The van der Waals surface area contributed by atoms with Crippen molar-refractivity contribution >= 4 is 40.2 Å². The highest BCUT2D eigenvalue weighted by atomic mass is 32.1. The van der Waals surface area contributed by atoms with Gasteiger partial charge in [0.25, 0.3) is 0 Å². The monoisotopic (exact) mass is 390 g/mol. The average Bonchev–Trinajstić information content (AvgIpc) is 3.33. The number of nitrogen functional groups attached to an aromatic ring is 1. The molecule has 0 radical (unpaired) electrons. The number of nitrogens with zero attached hydrogens (tertiary/aromatic N) is 3. The van der Waals surface area contributed by atoms with Crippen LogP contribution in [0.4, 0.5) is 15.2 Å². The summed E-state index contributed by atoms with van der Waals surface area (Å²) < 4.78 is 13.1. The zero-order valence-corrected chi connectivity index (χ0v) is 15.7. The molecule has 3 heterocycles. The summed E-state index contributed by atoms with van der Waals surface area (Å²) in [6.07, 6.45) is 1.28. The summed E-state index contributed by atoms with van der Waals surface area (Å²) in [5.74, 6) is -0.357. The van der Waals surface area contributed by atoms with Gasteiger partial charge in [0.2, 0.25) is 5.13 Å². The number of hydrogen-bond acceptors (Lipinski definition) is 8. The van der Waals surface area contributed by atoms with Crippen molar-refractivity contribution in [2.24, 2.45) is 4.99 Å². The predicted molar refractivity (Wildman–Crippen MR) is 108 cm³/mol. The largest absolute Gasteiger partial charge is 0.398 e. The summed E-state index contributed by atoms with van der Waals surface area (Å²) in [7, 11) is 0. The fraction of sp³-hybridized carbons (Fsp3) is 0.235. The van der Waals surface area contributed by atoms with Gasteiger partial charge in [-0.2, -0.15) is 0 Å². The molecule has 2 aromatic heterocycles. The van der Waals surface area contributed by atoms with Crippen molar-refractivity contribution in [2.75, 3.05) is 25.5 Å². The topological polar surface area (TPSA) is 88.2 Å². The van der Waals surface area contributed by atoms with Gasteiger partial charge in [0.1, 0.15) is 22.2 Å². The van der Waals surface area contributed by atoms with E-state index in [1.54, 1.807) is 6.07 Å². The van der Waals surface area contributed by atoms with Crippen LogP contribution in [-0.2, 0) is 0 Å². The molecule has 1 saturated heterocycles. The minimum Gasteiger partial charge on any atom is -0.398 e. The number of anilines is 1. The van der Waals surface area contributed by atoms with Crippen LogP contribution in [0.15, 0.2) is 34.0 Å². The smallest absolute Gasteiger partial charge is 0.209 e. The Balaban J connectivity index is 0.000000278. The van der Waals surface area contributed by atoms with Crippen LogP contribution in [0.2, 0.25) is 0 Å². The first-order valence-corrected chi connectivity index (χ1v) is 9.78. The van der Waals surface area contributed by atoms with Crippen LogP contribution < -0.4 is 16.4 Å². The zero-order chi connectivity index (χ0) is 18.4. The van der Waals surface area contributed by atoms with Gasteiger partial charge in [-0.1, -0.05) is 0 Å². The Kier molecular flexibility index (Phi) is 6.40. The van der Waals surface area contributed by atoms with Crippen molar-refractivity contribution < 1.29 is 4.39 Å². The molecule has 0 aliphatic carbocycles. The quantitative estimate of drug-likeness (QED) is 0.470. The number of halogens is 1. The van der Waals surface area contributed by atoms with E-state index in [1.165, 1.54) is 54.3 Å². The molecule has 1 aliphatic rings. The van der Waals surface area contributed by atoms with Crippen LogP contribution in [0.3, 0.4) is 0 Å². The summed E-state index contributed by atoms with van der Waals surface area (Å²) >= 11 is 2.84. The van der Waals surface area contributed by atoms with Gasteiger partial charge in [-0.15, -0.1) is 22.7 Å². The Morgan fingerprint density at radius 2 is 1.85 bits per heavy atom. The lowest BCUT2D eigenvalue weighted by Gasteiger charge is -2.11. The third kappa shape index (κ3) is 4.70. The van der Waals surface area contributed by atoms with Crippen LogP contribution in [-0.4, -0.2) is 36.4 Å². The van der Waals surface area contributed by atoms with Crippen molar-refractivity contribution in [3.63, 3.8) is 0 Å². The first-order chi connectivity index (χ1) is 12.7. The second-order valence-corrected chi connectivity index (χ2v) is 7.17. The molecule has 136 valence electrons. The summed E-state index contributed by atoms with van der Waals surface area (Å²) in [5.41, 5.74) is 8.41. The molecule has 1 aromatic carbocycles. The number of aliphatic imine (C=N–C) groups is 1. The summed E-state index contributed by atoms with van der Waals surface area (Å²) in [5, 5.41) is 11.5. The van der Waals surface area contributed by atoms with E-state index in [0.717, 1.165) is 28.6 Å². The maximum absolute atomic E-state index is 13.1.